The van der Waals surface area contributed by atoms with Gasteiger partial charge in [0.2, 0.25) is 0 Å². The minimum absolute atomic E-state index is 0.00935. The molecular weight excluding hydrogens is 132 g/mol. The largest absolute Gasteiger partial charge is 0.481 e. The van der Waals surface area contributed by atoms with Crippen molar-refractivity contribution in [2.24, 2.45) is 11.3 Å². The summed E-state index contributed by atoms with van der Waals surface area (Å²) < 4.78 is 0. The Morgan fingerprint density at radius 1 is 1.60 bits per heavy atom. The molecule has 1 rings (SSSR count). The highest BCUT2D eigenvalue weighted by atomic mass is 16.4. The van der Waals surface area contributed by atoms with Crippen molar-refractivity contribution in [1.82, 2.24) is 0 Å². The van der Waals surface area contributed by atoms with Crippen LogP contribution in [0.5, 0.6) is 0 Å². The molecule has 0 amide bonds. The van der Waals surface area contributed by atoms with Crippen LogP contribution < -0.4 is 0 Å². The zero-order chi connectivity index (χ0) is 7.94. The lowest BCUT2D eigenvalue weighted by Crippen LogP contribution is -2.15. The van der Waals surface area contributed by atoms with E-state index in [2.05, 4.69) is 0 Å². The fraction of sp³-hybridized carbons (Fsp3) is 0.714. The van der Waals surface area contributed by atoms with E-state index in [1.165, 1.54) is 6.92 Å². The van der Waals surface area contributed by atoms with Gasteiger partial charge in [0.1, 0.15) is 5.78 Å². The first-order chi connectivity index (χ1) is 4.48. The Hall–Kier alpha value is -0.860. The number of carboxylic acid groups (broad SMARTS) is 1. The molecule has 10 heavy (non-hydrogen) atoms. The zero-order valence-corrected chi connectivity index (χ0v) is 6.05. The van der Waals surface area contributed by atoms with Gasteiger partial charge in [-0.2, -0.15) is 0 Å². The molecule has 1 N–H and O–H groups in total. The number of Topliss-reactive ketones (excluding diaryl/α,β-unsaturated/α-hetero) is 1. The van der Waals surface area contributed by atoms with Crippen molar-refractivity contribution in [2.75, 3.05) is 0 Å². The van der Waals surface area contributed by atoms with Gasteiger partial charge in [-0.15, -0.1) is 0 Å². The van der Waals surface area contributed by atoms with E-state index in [0.717, 1.165) is 0 Å². The molecule has 1 fully saturated rings. The predicted molar refractivity (Wildman–Crippen MR) is 34.5 cm³/mol. The summed E-state index contributed by atoms with van der Waals surface area (Å²) in [5.74, 6) is -1.09. The highest BCUT2D eigenvalue weighted by Crippen LogP contribution is 2.52. The second-order valence-corrected chi connectivity index (χ2v) is 3.09. The molecule has 2 unspecified atom stereocenters. The van der Waals surface area contributed by atoms with Crippen molar-refractivity contribution in [3.05, 3.63) is 0 Å². The second-order valence-electron chi connectivity index (χ2n) is 3.09. The molecule has 1 aliphatic rings. The lowest BCUT2D eigenvalue weighted by molar-refractivity contribution is -0.144. The van der Waals surface area contributed by atoms with Gasteiger partial charge in [-0.25, -0.2) is 0 Å². The molecule has 0 saturated heterocycles. The summed E-state index contributed by atoms with van der Waals surface area (Å²) in [7, 11) is 0. The van der Waals surface area contributed by atoms with Crippen molar-refractivity contribution in [1.29, 1.82) is 0 Å². The number of carboxylic acids is 1. The molecule has 0 aliphatic heterocycles. The van der Waals surface area contributed by atoms with Gasteiger partial charge in [-0.3, -0.25) is 9.59 Å². The number of aliphatic carboxylic acids is 1. The molecule has 0 radical (unpaired) electrons. The summed E-state index contributed by atoms with van der Waals surface area (Å²) >= 11 is 0. The van der Waals surface area contributed by atoms with Gasteiger partial charge in [-0.05, 0) is 20.3 Å². The van der Waals surface area contributed by atoms with Crippen LogP contribution >= 0.6 is 0 Å². The van der Waals surface area contributed by atoms with E-state index >= 15 is 0 Å². The Balaban J connectivity index is 2.65. The van der Waals surface area contributed by atoms with E-state index in [1.807, 2.05) is 0 Å². The van der Waals surface area contributed by atoms with Crippen LogP contribution in [0, 0.1) is 11.3 Å². The molecule has 0 aromatic heterocycles. The smallest absolute Gasteiger partial charge is 0.310 e. The monoisotopic (exact) mass is 142 g/mol. The highest BCUT2D eigenvalue weighted by Gasteiger charge is 2.58. The minimum Gasteiger partial charge on any atom is -0.481 e. The molecule has 3 heteroatoms. The Bertz CT molecular complexity index is 197. The molecule has 0 spiro atoms. The molecule has 1 aliphatic carbocycles. The average molecular weight is 142 g/mol. The second kappa shape index (κ2) is 1.81. The van der Waals surface area contributed by atoms with Crippen molar-refractivity contribution >= 4 is 11.8 Å². The molecule has 2 atom stereocenters. The average Bonchev–Trinajstić information content (AvgIpc) is 2.43. The number of ketones is 1. The maximum atomic E-state index is 10.7. The standard InChI is InChI=1S/C7H10O3/c1-4(8)5-3-7(5,2)6(9)10/h5H,3H2,1-2H3,(H,9,10). The Kier molecular flexibility index (Phi) is 1.31. The predicted octanol–water partition coefficient (Wildman–Crippen LogP) is 0.686. The third-order valence-electron chi connectivity index (χ3n) is 2.22. The van der Waals surface area contributed by atoms with Crippen LogP contribution in [0.15, 0.2) is 0 Å². The Morgan fingerprint density at radius 2 is 2.10 bits per heavy atom. The van der Waals surface area contributed by atoms with E-state index in [9.17, 15) is 9.59 Å². The Labute approximate surface area is 59.0 Å². The van der Waals surface area contributed by atoms with Gasteiger partial charge < -0.3 is 5.11 Å². The number of hydrogen-bond acceptors (Lipinski definition) is 2. The zero-order valence-electron chi connectivity index (χ0n) is 6.05. The van der Waals surface area contributed by atoms with Gasteiger partial charge in [0.25, 0.3) is 0 Å². The van der Waals surface area contributed by atoms with Crippen molar-refractivity contribution in [2.45, 2.75) is 20.3 Å². The summed E-state index contributed by atoms with van der Waals surface area (Å²) in [4.78, 5) is 21.1. The van der Waals surface area contributed by atoms with Gasteiger partial charge in [-0.1, -0.05) is 0 Å². The molecule has 0 bridgehead atoms. The lowest BCUT2D eigenvalue weighted by Gasteiger charge is -1.99. The topological polar surface area (TPSA) is 54.4 Å². The molecule has 0 aromatic rings. The quantitative estimate of drug-likeness (QED) is 0.617. The van der Waals surface area contributed by atoms with Crippen molar-refractivity contribution in [3.63, 3.8) is 0 Å². The third kappa shape index (κ3) is 0.818. The number of rotatable bonds is 2. The maximum Gasteiger partial charge on any atom is 0.310 e. The molecule has 1 saturated carbocycles. The fourth-order valence-electron chi connectivity index (χ4n) is 1.19. The minimum atomic E-state index is -0.854. The number of hydrogen-bond donors (Lipinski definition) is 1. The molecule has 0 heterocycles. The van der Waals surface area contributed by atoms with Crippen LogP contribution in [0.2, 0.25) is 0 Å². The van der Waals surface area contributed by atoms with Gasteiger partial charge >= 0.3 is 5.97 Å². The van der Waals surface area contributed by atoms with E-state index in [0.29, 0.717) is 6.42 Å². The summed E-state index contributed by atoms with van der Waals surface area (Å²) in [5, 5.41) is 8.58. The first kappa shape index (κ1) is 7.25. The first-order valence-electron chi connectivity index (χ1n) is 3.22. The number of carbonyl (C=O) groups is 2. The molecule has 0 aromatic carbocycles. The SMILES string of the molecule is CC(=O)C1CC1(C)C(=O)O. The van der Waals surface area contributed by atoms with Gasteiger partial charge in [0.05, 0.1) is 5.41 Å². The van der Waals surface area contributed by atoms with Crippen molar-refractivity contribution in [3.8, 4) is 0 Å². The lowest BCUT2D eigenvalue weighted by atomic mass is 10.1. The van der Waals surface area contributed by atoms with E-state index in [-0.39, 0.29) is 11.7 Å². The van der Waals surface area contributed by atoms with E-state index < -0.39 is 11.4 Å². The van der Waals surface area contributed by atoms with Gasteiger partial charge in [0, 0.05) is 5.92 Å². The summed E-state index contributed by atoms with van der Waals surface area (Å²) in [6.07, 6.45) is 0.512. The van der Waals surface area contributed by atoms with Crippen LogP contribution in [-0.2, 0) is 9.59 Å². The highest BCUT2D eigenvalue weighted by molar-refractivity contribution is 5.92. The first-order valence-corrected chi connectivity index (χ1v) is 3.22. The molecule has 3 nitrogen and oxygen atoms in total. The summed E-state index contributed by atoms with van der Waals surface area (Å²) in [5.41, 5.74) is -0.744. The molecular formula is C7H10O3. The third-order valence-corrected chi connectivity index (χ3v) is 2.22. The summed E-state index contributed by atoms with van der Waals surface area (Å²) in [6.45, 7) is 3.06. The van der Waals surface area contributed by atoms with E-state index in [4.69, 9.17) is 5.11 Å². The van der Waals surface area contributed by atoms with Crippen LogP contribution in [0.4, 0.5) is 0 Å². The van der Waals surface area contributed by atoms with Crippen LogP contribution in [-0.4, -0.2) is 16.9 Å². The molecule has 56 valence electrons. The van der Waals surface area contributed by atoms with Gasteiger partial charge in [0.15, 0.2) is 0 Å². The van der Waals surface area contributed by atoms with Crippen LogP contribution in [0.3, 0.4) is 0 Å². The van der Waals surface area contributed by atoms with Crippen LogP contribution in [0.25, 0.3) is 0 Å². The normalized spacial score (nSPS) is 37.2. The Morgan fingerprint density at radius 3 is 2.20 bits per heavy atom. The number of carbonyl (C=O) groups excluding carboxylic acids is 1. The van der Waals surface area contributed by atoms with Crippen LogP contribution in [0.1, 0.15) is 20.3 Å². The fourth-order valence-corrected chi connectivity index (χ4v) is 1.19. The van der Waals surface area contributed by atoms with E-state index in [1.54, 1.807) is 6.92 Å². The maximum absolute atomic E-state index is 10.7. The summed E-state index contributed by atoms with van der Waals surface area (Å²) in [6, 6.07) is 0. The van der Waals surface area contributed by atoms with Crippen molar-refractivity contribution < 1.29 is 14.7 Å².